The molecular formula is C14H15NO2S. The average molecular weight is 261 g/mol. The molecule has 0 spiro atoms. The second kappa shape index (κ2) is 4.71. The quantitative estimate of drug-likeness (QED) is 0.888. The lowest BCUT2D eigenvalue weighted by Gasteiger charge is -2.11. The molecule has 1 amide bonds. The van der Waals surface area contributed by atoms with E-state index in [-0.39, 0.29) is 11.8 Å². The molecule has 0 saturated heterocycles. The third kappa shape index (κ3) is 2.26. The SMILES string of the molecule is O=C(NCC(O)c1csc2ccccc12)C1CC1. The van der Waals surface area contributed by atoms with E-state index in [0.29, 0.717) is 6.54 Å². The topological polar surface area (TPSA) is 49.3 Å². The molecule has 2 aromatic rings. The maximum atomic E-state index is 11.5. The Balaban J connectivity index is 1.71. The van der Waals surface area contributed by atoms with Gasteiger partial charge in [0, 0.05) is 22.7 Å². The van der Waals surface area contributed by atoms with Crippen molar-refractivity contribution in [1.29, 1.82) is 0 Å². The number of aliphatic hydroxyl groups excluding tert-OH is 1. The van der Waals surface area contributed by atoms with Gasteiger partial charge in [0.15, 0.2) is 0 Å². The summed E-state index contributed by atoms with van der Waals surface area (Å²) in [6.45, 7) is 0.302. The second-order valence-corrected chi connectivity index (χ2v) is 5.63. The van der Waals surface area contributed by atoms with Gasteiger partial charge in [-0.2, -0.15) is 0 Å². The van der Waals surface area contributed by atoms with Crippen molar-refractivity contribution >= 4 is 27.3 Å². The molecule has 0 bridgehead atoms. The normalized spacial score (nSPS) is 16.7. The van der Waals surface area contributed by atoms with Gasteiger partial charge in [-0.15, -0.1) is 11.3 Å². The maximum absolute atomic E-state index is 11.5. The molecule has 1 unspecified atom stereocenters. The zero-order chi connectivity index (χ0) is 12.5. The minimum absolute atomic E-state index is 0.0774. The monoisotopic (exact) mass is 261 g/mol. The number of rotatable bonds is 4. The van der Waals surface area contributed by atoms with Gasteiger partial charge in [0.1, 0.15) is 0 Å². The lowest BCUT2D eigenvalue weighted by molar-refractivity contribution is -0.122. The van der Waals surface area contributed by atoms with Crippen LogP contribution in [0.3, 0.4) is 0 Å². The van der Waals surface area contributed by atoms with Gasteiger partial charge in [-0.25, -0.2) is 0 Å². The molecule has 1 fully saturated rings. The minimum atomic E-state index is -0.621. The first-order valence-corrected chi connectivity index (χ1v) is 7.05. The lowest BCUT2D eigenvalue weighted by Crippen LogP contribution is -2.29. The standard InChI is InChI=1S/C14H15NO2S/c16-12(7-15-14(17)9-5-6-9)11-8-18-13-4-2-1-3-10(11)13/h1-4,8-9,12,16H,5-7H2,(H,15,17). The van der Waals surface area contributed by atoms with Crippen LogP contribution in [0.4, 0.5) is 0 Å². The van der Waals surface area contributed by atoms with Crippen LogP contribution in [0.25, 0.3) is 10.1 Å². The molecule has 2 N–H and O–H groups in total. The Morgan fingerprint density at radius 3 is 3.00 bits per heavy atom. The van der Waals surface area contributed by atoms with Gasteiger partial charge in [-0.3, -0.25) is 4.79 Å². The summed E-state index contributed by atoms with van der Waals surface area (Å²) in [7, 11) is 0. The predicted molar refractivity (Wildman–Crippen MR) is 72.5 cm³/mol. The molecule has 1 aliphatic carbocycles. The highest BCUT2D eigenvalue weighted by Crippen LogP contribution is 2.31. The highest BCUT2D eigenvalue weighted by Gasteiger charge is 2.29. The zero-order valence-electron chi connectivity index (χ0n) is 9.93. The fraction of sp³-hybridized carbons (Fsp3) is 0.357. The van der Waals surface area contributed by atoms with Gasteiger partial charge in [0.2, 0.25) is 5.91 Å². The third-order valence-corrected chi connectivity index (χ3v) is 4.27. The molecule has 1 atom stereocenters. The van der Waals surface area contributed by atoms with Gasteiger partial charge < -0.3 is 10.4 Å². The van der Waals surface area contributed by atoms with E-state index in [1.807, 2.05) is 29.6 Å². The number of carbonyl (C=O) groups is 1. The number of fused-ring (bicyclic) bond motifs is 1. The number of carbonyl (C=O) groups excluding carboxylic acids is 1. The summed E-state index contributed by atoms with van der Waals surface area (Å²) in [4.78, 5) is 11.5. The number of benzene rings is 1. The largest absolute Gasteiger partial charge is 0.387 e. The summed E-state index contributed by atoms with van der Waals surface area (Å²) in [6, 6.07) is 8.00. The van der Waals surface area contributed by atoms with Gasteiger partial charge >= 0.3 is 0 Å². The van der Waals surface area contributed by atoms with Crippen LogP contribution >= 0.6 is 11.3 Å². The van der Waals surface area contributed by atoms with E-state index >= 15 is 0 Å². The van der Waals surface area contributed by atoms with Crippen molar-refractivity contribution in [2.45, 2.75) is 18.9 Å². The molecule has 18 heavy (non-hydrogen) atoms. The molecule has 1 aromatic heterocycles. The Hall–Kier alpha value is -1.39. The molecule has 1 heterocycles. The predicted octanol–water partition coefficient (Wildman–Crippen LogP) is 2.46. The summed E-state index contributed by atoms with van der Waals surface area (Å²) in [5.74, 6) is 0.269. The average Bonchev–Trinajstić information content (AvgIpc) is 3.15. The van der Waals surface area contributed by atoms with Crippen molar-refractivity contribution < 1.29 is 9.90 Å². The van der Waals surface area contributed by atoms with E-state index in [9.17, 15) is 9.90 Å². The number of aliphatic hydroxyl groups is 1. The molecule has 0 radical (unpaired) electrons. The van der Waals surface area contributed by atoms with Gasteiger partial charge in [-0.1, -0.05) is 18.2 Å². The molecule has 94 valence electrons. The van der Waals surface area contributed by atoms with Crippen LogP contribution in [0.15, 0.2) is 29.6 Å². The maximum Gasteiger partial charge on any atom is 0.223 e. The van der Waals surface area contributed by atoms with E-state index in [2.05, 4.69) is 5.32 Å². The minimum Gasteiger partial charge on any atom is -0.387 e. The van der Waals surface area contributed by atoms with Crippen LogP contribution in [0.2, 0.25) is 0 Å². The van der Waals surface area contributed by atoms with Crippen LogP contribution in [-0.2, 0) is 4.79 Å². The number of amides is 1. The van der Waals surface area contributed by atoms with E-state index in [4.69, 9.17) is 0 Å². The van der Waals surface area contributed by atoms with Crippen molar-refractivity contribution in [3.05, 3.63) is 35.2 Å². The van der Waals surface area contributed by atoms with Gasteiger partial charge in [0.05, 0.1) is 6.10 Å². The molecular weight excluding hydrogens is 246 g/mol. The van der Waals surface area contributed by atoms with Crippen LogP contribution in [-0.4, -0.2) is 17.6 Å². The summed E-state index contributed by atoms with van der Waals surface area (Å²) in [5, 5.41) is 16.0. The van der Waals surface area contributed by atoms with Crippen LogP contribution in [0, 0.1) is 5.92 Å². The molecule has 3 nitrogen and oxygen atoms in total. The third-order valence-electron chi connectivity index (χ3n) is 3.29. The smallest absolute Gasteiger partial charge is 0.223 e. The van der Waals surface area contributed by atoms with Gasteiger partial charge in [-0.05, 0) is 29.7 Å². The van der Waals surface area contributed by atoms with Crippen molar-refractivity contribution in [1.82, 2.24) is 5.32 Å². The molecule has 3 rings (SSSR count). The Labute approximate surface area is 109 Å². The van der Waals surface area contributed by atoms with Crippen LogP contribution in [0.5, 0.6) is 0 Å². The summed E-state index contributed by atoms with van der Waals surface area (Å²) in [6.07, 6.45) is 1.36. The molecule has 4 heteroatoms. The van der Waals surface area contributed by atoms with Crippen molar-refractivity contribution in [3.8, 4) is 0 Å². The Bertz CT molecular complexity index is 574. The van der Waals surface area contributed by atoms with Gasteiger partial charge in [0.25, 0.3) is 0 Å². The fourth-order valence-corrected chi connectivity index (χ4v) is 3.06. The molecule has 1 aliphatic rings. The molecule has 0 aliphatic heterocycles. The highest BCUT2D eigenvalue weighted by atomic mass is 32.1. The van der Waals surface area contributed by atoms with E-state index in [0.717, 1.165) is 23.8 Å². The fourth-order valence-electron chi connectivity index (χ4n) is 2.05. The number of hydrogen-bond donors (Lipinski definition) is 2. The lowest BCUT2D eigenvalue weighted by atomic mass is 10.1. The molecule has 1 aromatic carbocycles. The van der Waals surface area contributed by atoms with E-state index < -0.39 is 6.10 Å². The first kappa shape index (κ1) is 11.7. The zero-order valence-corrected chi connectivity index (χ0v) is 10.7. The summed E-state index contributed by atoms with van der Waals surface area (Å²) in [5.41, 5.74) is 0.909. The summed E-state index contributed by atoms with van der Waals surface area (Å²) >= 11 is 1.62. The number of thiophene rings is 1. The van der Waals surface area contributed by atoms with Crippen molar-refractivity contribution in [2.24, 2.45) is 5.92 Å². The number of nitrogens with one attached hydrogen (secondary N) is 1. The summed E-state index contributed by atoms with van der Waals surface area (Å²) < 4.78 is 1.17. The Morgan fingerprint density at radius 1 is 1.44 bits per heavy atom. The Morgan fingerprint density at radius 2 is 2.22 bits per heavy atom. The Kier molecular flexibility index (Phi) is 3.06. The second-order valence-electron chi connectivity index (χ2n) is 4.72. The van der Waals surface area contributed by atoms with Crippen LogP contribution < -0.4 is 5.32 Å². The highest BCUT2D eigenvalue weighted by molar-refractivity contribution is 7.17. The first-order valence-electron chi connectivity index (χ1n) is 6.17. The van der Waals surface area contributed by atoms with Crippen LogP contribution in [0.1, 0.15) is 24.5 Å². The van der Waals surface area contributed by atoms with E-state index in [1.54, 1.807) is 11.3 Å². The molecule has 1 saturated carbocycles. The number of hydrogen-bond acceptors (Lipinski definition) is 3. The first-order chi connectivity index (χ1) is 8.75. The van der Waals surface area contributed by atoms with E-state index in [1.165, 1.54) is 4.70 Å². The van der Waals surface area contributed by atoms with Crippen molar-refractivity contribution in [3.63, 3.8) is 0 Å². The van der Waals surface area contributed by atoms with Crippen molar-refractivity contribution in [2.75, 3.05) is 6.54 Å².